The summed E-state index contributed by atoms with van der Waals surface area (Å²) in [5.41, 5.74) is 4.10. The molecule has 0 spiro atoms. The highest BCUT2D eigenvalue weighted by Gasteiger charge is 2.39. The van der Waals surface area contributed by atoms with E-state index in [4.69, 9.17) is 16.7 Å². The van der Waals surface area contributed by atoms with Gasteiger partial charge in [-0.1, -0.05) is 54.1 Å². The minimum atomic E-state index is -4.11. The molecule has 0 amide bonds. The van der Waals surface area contributed by atoms with Crippen LogP contribution in [0.4, 0.5) is 5.69 Å². The Kier molecular flexibility index (Phi) is 7.65. The van der Waals surface area contributed by atoms with Gasteiger partial charge in [-0.3, -0.25) is 0 Å². The fraction of sp³-hybridized carbons (Fsp3) is 0.133. The summed E-state index contributed by atoms with van der Waals surface area (Å²) in [6.07, 6.45) is 3.52. The van der Waals surface area contributed by atoms with Gasteiger partial charge in [0.2, 0.25) is 0 Å². The number of hydrazone groups is 1. The highest BCUT2D eigenvalue weighted by molar-refractivity contribution is 7.90. The lowest BCUT2D eigenvalue weighted by Crippen LogP contribution is -2.51. The third kappa shape index (κ3) is 5.73. The molecule has 200 valence electrons. The molecule has 0 saturated carbocycles. The number of halogens is 1. The fourth-order valence-corrected chi connectivity index (χ4v) is 5.51. The summed E-state index contributed by atoms with van der Waals surface area (Å²) < 4.78 is 32.9. The van der Waals surface area contributed by atoms with Crippen molar-refractivity contribution in [2.45, 2.75) is 10.8 Å². The molecule has 2 heterocycles. The van der Waals surface area contributed by atoms with Crippen LogP contribution in [-0.4, -0.2) is 45.7 Å². The smallest absolute Gasteiger partial charge is 0.377 e. The average molecular weight is 570 g/mol. The standard InChI is InChI=1S/C30H26ClN6O2S/c1-35(2)26-16-18-36(19-17-26)30(34-40(38,39)27-14-12-25(31)13-15-27)37-21-28(23-6-4-3-5-7-23)29(33-37)24-10-8-22(20-32)9-11-24/h3-19,28H,21H2,1-2H3/q+1. The molecule has 8 nitrogen and oxygen atoms in total. The van der Waals surface area contributed by atoms with Crippen LogP contribution in [0.25, 0.3) is 0 Å². The van der Waals surface area contributed by atoms with Gasteiger partial charge in [-0.05, 0) is 59.7 Å². The number of sulfonamides is 1. The van der Waals surface area contributed by atoms with Gasteiger partial charge in [0, 0.05) is 29.2 Å². The summed E-state index contributed by atoms with van der Waals surface area (Å²) in [6, 6.07) is 28.9. The van der Waals surface area contributed by atoms with Crippen molar-refractivity contribution in [2.75, 3.05) is 25.5 Å². The van der Waals surface area contributed by atoms with Crippen LogP contribution in [0.2, 0.25) is 5.02 Å². The van der Waals surface area contributed by atoms with Crippen LogP contribution in [0, 0.1) is 11.3 Å². The number of nitriles is 1. The molecule has 0 radical (unpaired) electrons. The van der Waals surface area contributed by atoms with Crippen LogP contribution in [0.3, 0.4) is 0 Å². The van der Waals surface area contributed by atoms with Gasteiger partial charge in [0.15, 0.2) is 0 Å². The van der Waals surface area contributed by atoms with E-state index in [1.54, 1.807) is 34.1 Å². The highest BCUT2D eigenvalue weighted by Crippen LogP contribution is 2.29. The molecule has 40 heavy (non-hydrogen) atoms. The zero-order valence-electron chi connectivity index (χ0n) is 21.9. The Bertz CT molecular complexity index is 1710. The summed E-state index contributed by atoms with van der Waals surface area (Å²) in [5.74, 6) is -0.0379. The number of hydrogen-bond acceptors (Lipinski definition) is 5. The quantitative estimate of drug-likeness (QED) is 0.198. The Morgan fingerprint density at radius 3 is 2.25 bits per heavy atom. The fourth-order valence-electron chi connectivity index (χ4n) is 4.39. The molecule has 1 aromatic heterocycles. The number of aromatic nitrogens is 1. The third-order valence-corrected chi connectivity index (χ3v) is 8.05. The van der Waals surface area contributed by atoms with Crippen molar-refractivity contribution in [1.29, 1.82) is 5.26 Å². The minimum Gasteiger partial charge on any atom is -0.377 e. The van der Waals surface area contributed by atoms with E-state index in [2.05, 4.69) is 10.5 Å². The van der Waals surface area contributed by atoms with E-state index < -0.39 is 10.0 Å². The molecule has 1 unspecified atom stereocenters. The molecule has 3 aromatic carbocycles. The Balaban J connectivity index is 1.65. The molecule has 0 bridgehead atoms. The maximum Gasteiger partial charge on any atom is 0.434 e. The normalized spacial score (nSPS) is 15.4. The number of anilines is 1. The zero-order valence-corrected chi connectivity index (χ0v) is 23.5. The summed E-state index contributed by atoms with van der Waals surface area (Å²) in [6.45, 7) is 0.358. The molecule has 0 aliphatic carbocycles. The topological polar surface area (TPSA) is 93.0 Å². The van der Waals surface area contributed by atoms with Gasteiger partial charge >= 0.3 is 16.0 Å². The van der Waals surface area contributed by atoms with Gasteiger partial charge in [0.05, 0.1) is 35.7 Å². The summed E-state index contributed by atoms with van der Waals surface area (Å²) >= 11 is 5.99. The lowest BCUT2D eigenvalue weighted by Gasteiger charge is -2.15. The zero-order chi connectivity index (χ0) is 28.3. The number of pyridine rings is 1. The third-order valence-electron chi connectivity index (χ3n) is 6.53. The summed E-state index contributed by atoms with van der Waals surface area (Å²) in [7, 11) is -0.252. The number of rotatable bonds is 5. The summed E-state index contributed by atoms with van der Waals surface area (Å²) in [4.78, 5) is 1.98. The lowest BCUT2D eigenvalue weighted by molar-refractivity contribution is -0.565. The van der Waals surface area contributed by atoms with Gasteiger partial charge in [-0.25, -0.2) is 4.57 Å². The lowest BCUT2D eigenvalue weighted by atomic mass is 9.90. The van der Waals surface area contributed by atoms with Crippen LogP contribution in [0.5, 0.6) is 0 Å². The Labute approximate surface area is 238 Å². The van der Waals surface area contributed by atoms with Crippen molar-refractivity contribution in [3.63, 3.8) is 0 Å². The second-order valence-electron chi connectivity index (χ2n) is 9.40. The van der Waals surface area contributed by atoms with Crippen molar-refractivity contribution in [3.8, 4) is 6.07 Å². The molecule has 10 heteroatoms. The van der Waals surface area contributed by atoms with E-state index in [1.165, 1.54) is 24.3 Å². The van der Waals surface area contributed by atoms with E-state index in [0.717, 1.165) is 22.5 Å². The van der Waals surface area contributed by atoms with E-state index in [0.29, 0.717) is 17.1 Å². The van der Waals surface area contributed by atoms with E-state index in [9.17, 15) is 13.7 Å². The monoisotopic (exact) mass is 569 g/mol. The first-order valence-electron chi connectivity index (χ1n) is 12.5. The Morgan fingerprint density at radius 1 is 1.00 bits per heavy atom. The largest absolute Gasteiger partial charge is 0.434 e. The van der Waals surface area contributed by atoms with Crippen LogP contribution in [0.1, 0.15) is 22.6 Å². The predicted molar refractivity (Wildman–Crippen MR) is 156 cm³/mol. The molecule has 1 atom stereocenters. The Hall–Kier alpha value is -4.52. The molecule has 0 N–H and O–H groups in total. The van der Waals surface area contributed by atoms with E-state index in [-0.39, 0.29) is 16.8 Å². The molecule has 1 aliphatic rings. The average Bonchev–Trinajstić information content (AvgIpc) is 3.42. The van der Waals surface area contributed by atoms with Gasteiger partial charge in [0.25, 0.3) is 0 Å². The molecule has 0 fully saturated rings. The number of benzene rings is 3. The van der Waals surface area contributed by atoms with Crippen molar-refractivity contribution in [3.05, 3.63) is 125 Å². The van der Waals surface area contributed by atoms with Gasteiger partial charge in [0.1, 0.15) is 11.4 Å². The molecule has 4 aromatic rings. The second-order valence-corrected chi connectivity index (χ2v) is 11.4. The predicted octanol–water partition coefficient (Wildman–Crippen LogP) is 4.66. The highest BCUT2D eigenvalue weighted by atomic mass is 35.5. The molecule has 5 rings (SSSR count). The van der Waals surface area contributed by atoms with Gasteiger partial charge in [-0.2, -0.15) is 13.7 Å². The van der Waals surface area contributed by atoms with Gasteiger partial charge < -0.3 is 4.90 Å². The maximum atomic E-state index is 13.5. The van der Waals surface area contributed by atoms with E-state index in [1.807, 2.05) is 73.6 Å². The van der Waals surface area contributed by atoms with Crippen molar-refractivity contribution < 1.29 is 13.0 Å². The molecule has 0 saturated heterocycles. The maximum absolute atomic E-state index is 13.5. The molecular formula is C30H26ClN6O2S+. The van der Waals surface area contributed by atoms with Gasteiger partial charge in [-0.15, -0.1) is 10.1 Å². The Morgan fingerprint density at radius 2 is 1.65 bits per heavy atom. The van der Waals surface area contributed by atoms with Crippen molar-refractivity contribution in [2.24, 2.45) is 9.50 Å². The second kappa shape index (κ2) is 11.3. The first-order valence-corrected chi connectivity index (χ1v) is 14.3. The van der Waals surface area contributed by atoms with Crippen molar-refractivity contribution in [1.82, 2.24) is 5.01 Å². The van der Waals surface area contributed by atoms with Crippen LogP contribution >= 0.6 is 11.6 Å². The summed E-state index contributed by atoms with van der Waals surface area (Å²) in [5, 5.41) is 16.2. The minimum absolute atomic E-state index is 0.0232. The molecular weight excluding hydrogens is 544 g/mol. The van der Waals surface area contributed by atoms with Crippen LogP contribution < -0.4 is 9.47 Å². The first kappa shape index (κ1) is 27.1. The SMILES string of the molecule is CN(C)c1cc[n+](C(=NS(=O)(=O)c2ccc(Cl)cc2)N2CC(c3ccccc3)C(c3ccc(C#N)cc3)=N2)cc1. The number of nitrogens with zero attached hydrogens (tertiary/aromatic N) is 6. The first-order chi connectivity index (χ1) is 19.2. The number of hydrogen-bond donors (Lipinski definition) is 0. The van der Waals surface area contributed by atoms with Crippen LogP contribution in [-0.2, 0) is 10.0 Å². The van der Waals surface area contributed by atoms with Crippen molar-refractivity contribution >= 4 is 39.0 Å². The molecule has 1 aliphatic heterocycles. The van der Waals surface area contributed by atoms with E-state index >= 15 is 0 Å². The van der Waals surface area contributed by atoms with Crippen LogP contribution in [0.15, 0.2) is 118 Å².